The number of methoxy groups -OCH3 is 2. The highest BCUT2D eigenvalue weighted by Gasteiger charge is 2.30. The predicted octanol–water partition coefficient (Wildman–Crippen LogP) is 4.57. The van der Waals surface area contributed by atoms with Gasteiger partial charge >= 0.3 is 0 Å². The van der Waals surface area contributed by atoms with Gasteiger partial charge in [-0.1, -0.05) is 23.7 Å². The second-order valence-corrected chi connectivity index (χ2v) is 11.0. The van der Waals surface area contributed by atoms with E-state index in [-0.39, 0.29) is 32.9 Å². The first-order valence-corrected chi connectivity index (χ1v) is 13.9. The summed E-state index contributed by atoms with van der Waals surface area (Å²) >= 11 is 5.95. The van der Waals surface area contributed by atoms with Crippen LogP contribution in [0.2, 0.25) is 5.02 Å². The van der Waals surface area contributed by atoms with Gasteiger partial charge in [0.25, 0.3) is 15.9 Å². The van der Waals surface area contributed by atoms with Crippen LogP contribution in [0.25, 0.3) is 0 Å². The van der Waals surface area contributed by atoms with Crippen LogP contribution >= 0.6 is 11.6 Å². The first-order valence-electron chi connectivity index (χ1n) is 12.0. The Hall–Kier alpha value is -3.83. The predicted molar refractivity (Wildman–Crippen MR) is 146 cm³/mol. The Kier molecular flexibility index (Phi) is 8.61. The maximum Gasteiger partial charge on any atom is 0.264 e. The molecule has 0 unspecified atom stereocenters. The molecule has 39 heavy (non-hydrogen) atoms. The summed E-state index contributed by atoms with van der Waals surface area (Å²) in [6, 6.07) is 13.8. The number of benzene rings is 3. The molecule has 1 fully saturated rings. The van der Waals surface area contributed by atoms with Crippen LogP contribution in [0.5, 0.6) is 11.5 Å². The zero-order valence-electron chi connectivity index (χ0n) is 21.3. The van der Waals surface area contributed by atoms with E-state index in [4.69, 9.17) is 21.1 Å². The van der Waals surface area contributed by atoms with E-state index in [2.05, 4.69) is 5.32 Å². The molecule has 12 heteroatoms. The van der Waals surface area contributed by atoms with Crippen molar-refractivity contribution in [1.82, 2.24) is 4.90 Å². The lowest BCUT2D eigenvalue weighted by Gasteiger charge is -2.25. The van der Waals surface area contributed by atoms with Gasteiger partial charge in [-0.3, -0.25) is 13.9 Å². The molecule has 0 atom stereocenters. The fourth-order valence-electron chi connectivity index (χ4n) is 4.25. The Labute approximate surface area is 231 Å². The largest absolute Gasteiger partial charge is 0.493 e. The molecular formula is C27H27ClFN3O6S. The first kappa shape index (κ1) is 28.2. The topological polar surface area (TPSA) is 105 Å². The maximum atomic E-state index is 13.9. The quantitative estimate of drug-likeness (QED) is 0.401. The van der Waals surface area contributed by atoms with E-state index in [1.807, 2.05) is 0 Å². The number of amides is 2. The van der Waals surface area contributed by atoms with Crippen LogP contribution in [0, 0.1) is 5.82 Å². The minimum Gasteiger partial charge on any atom is -0.493 e. The Morgan fingerprint density at radius 1 is 1.00 bits per heavy atom. The number of carbonyl (C=O) groups excluding carboxylic acids is 2. The second kappa shape index (κ2) is 11.9. The lowest BCUT2D eigenvalue weighted by Crippen LogP contribution is -2.38. The van der Waals surface area contributed by atoms with Crippen LogP contribution in [0.3, 0.4) is 0 Å². The molecule has 0 aromatic heterocycles. The van der Waals surface area contributed by atoms with E-state index >= 15 is 0 Å². The Morgan fingerprint density at radius 3 is 2.36 bits per heavy atom. The molecule has 1 saturated heterocycles. The molecule has 1 heterocycles. The van der Waals surface area contributed by atoms with Crippen LogP contribution in [-0.4, -0.2) is 59.0 Å². The summed E-state index contributed by atoms with van der Waals surface area (Å²) < 4.78 is 52.7. The molecule has 0 bridgehead atoms. The fraction of sp³-hybridized carbons (Fsp3) is 0.259. The van der Waals surface area contributed by atoms with E-state index in [0.29, 0.717) is 24.4 Å². The Bertz CT molecular complexity index is 1490. The van der Waals surface area contributed by atoms with Crippen molar-refractivity contribution in [2.45, 2.75) is 17.7 Å². The number of rotatable bonds is 9. The Balaban J connectivity index is 1.68. The van der Waals surface area contributed by atoms with Crippen molar-refractivity contribution in [3.63, 3.8) is 0 Å². The van der Waals surface area contributed by atoms with E-state index < -0.39 is 28.3 Å². The smallest absolute Gasteiger partial charge is 0.264 e. The molecule has 0 saturated carbocycles. The Morgan fingerprint density at radius 2 is 1.69 bits per heavy atom. The van der Waals surface area contributed by atoms with Gasteiger partial charge in [0.1, 0.15) is 12.4 Å². The number of nitrogens with zero attached hydrogens (tertiary/aromatic N) is 2. The summed E-state index contributed by atoms with van der Waals surface area (Å²) in [6.45, 7) is 0.568. The minimum atomic E-state index is -4.39. The first-order chi connectivity index (χ1) is 18.6. The van der Waals surface area contributed by atoms with Crippen molar-refractivity contribution in [3.8, 4) is 11.5 Å². The number of sulfonamides is 1. The van der Waals surface area contributed by atoms with Crippen LogP contribution in [0.15, 0.2) is 65.6 Å². The average molecular weight is 576 g/mol. The standard InChI is InChI=1S/C27H27ClFN3O6S/c1-37-24-12-10-19(16-25(24)38-2)39(35,36)32(18-9-11-22(29)21(28)15-18)17-26(33)30-23-8-4-3-7-20(23)27(34)31-13-5-6-14-31/h3-4,7-12,15-16H,5-6,13-14,17H2,1-2H3,(H,30,33). The summed E-state index contributed by atoms with van der Waals surface area (Å²) in [6.07, 6.45) is 1.81. The molecule has 0 spiro atoms. The fourth-order valence-corrected chi connectivity index (χ4v) is 5.85. The number of carbonyl (C=O) groups is 2. The van der Waals surface area contributed by atoms with Gasteiger partial charge in [0, 0.05) is 19.2 Å². The molecule has 9 nitrogen and oxygen atoms in total. The molecule has 1 N–H and O–H groups in total. The summed E-state index contributed by atoms with van der Waals surface area (Å²) in [5.41, 5.74) is 0.514. The SMILES string of the molecule is COc1ccc(S(=O)(=O)N(CC(=O)Nc2ccccc2C(=O)N2CCCC2)c2ccc(F)c(Cl)c2)cc1OC. The van der Waals surface area contributed by atoms with Crippen molar-refractivity contribution in [1.29, 1.82) is 0 Å². The summed E-state index contributed by atoms with van der Waals surface area (Å²) in [5, 5.41) is 2.34. The van der Waals surface area contributed by atoms with Gasteiger partial charge in [-0.25, -0.2) is 12.8 Å². The van der Waals surface area contributed by atoms with E-state index in [0.717, 1.165) is 29.3 Å². The van der Waals surface area contributed by atoms with Gasteiger partial charge in [-0.2, -0.15) is 0 Å². The number of hydrogen-bond acceptors (Lipinski definition) is 6. The molecule has 1 aliphatic rings. The molecule has 1 aliphatic heterocycles. The highest BCUT2D eigenvalue weighted by atomic mass is 35.5. The number of halogens is 2. The van der Waals surface area contributed by atoms with Crippen molar-refractivity contribution in [2.75, 3.05) is 43.5 Å². The molecule has 4 rings (SSSR count). The van der Waals surface area contributed by atoms with Crippen LogP contribution in [-0.2, 0) is 14.8 Å². The van der Waals surface area contributed by atoms with Gasteiger partial charge in [-0.15, -0.1) is 0 Å². The third-order valence-corrected chi connectivity index (χ3v) is 8.31. The van der Waals surface area contributed by atoms with Crippen molar-refractivity contribution < 1.29 is 31.9 Å². The maximum absolute atomic E-state index is 13.9. The minimum absolute atomic E-state index is 0.0345. The second-order valence-electron chi connectivity index (χ2n) is 8.72. The van der Waals surface area contributed by atoms with Gasteiger partial charge in [0.05, 0.1) is 41.1 Å². The number of nitrogens with one attached hydrogen (secondary N) is 1. The lowest BCUT2D eigenvalue weighted by atomic mass is 10.1. The third kappa shape index (κ3) is 6.10. The van der Waals surface area contributed by atoms with Gasteiger partial charge in [0.15, 0.2) is 11.5 Å². The third-order valence-electron chi connectivity index (χ3n) is 6.25. The number of anilines is 2. The van der Waals surface area contributed by atoms with Gasteiger partial charge in [-0.05, 0) is 55.3 Å². The van der Waals surface area contributed by atoms with Gasteiger partial charge < -0.3 is 19.7 Å². The van der Waals surface area contributed by atoms with Crippen molar-refractivity contribution >= 4 is 44.8 Å². The van der Waals surface area contributed by atoms with Crippen molar-refractivity contribution in [3.05, 3.63) is 77.1 Å². The number of para-hydroxylation sites is 1. The van der Waals surface area contributed by atoms with Crippen LogP contribution in [0.4, 0.5) is 15.8 Å². The number of hydrogen-bond donors (Lipinski definition) is 1. The number of likely N-dealkylation sites (tertiary alicyclic amines) is 1. The molecule has 206 valence electrons. The highest BCUT2D eigenvalue weighted by molar-refractivity contribution is 7.92. The summed E-state index contributed by atoms with van der Waals surface area (Å²) in [5.74, 6) is -1.22. The monoisotopic (exact) mass is 575 g/mol. The van der Waals surface area contributed by atoms with Crippen LogP contribution in [0.1, 0.15) is 23.2 Å². The van der Waals surface area contributed by atoms with E-state index in [9.17, 15) is 22.4 Å². The highest BCUT2D eigenvalue weighted by Crippen LogP contribution is 2.33. The normalized spacial score (nSPS) is 13.2. The van der Waals surface area contributed by atoms with E-state index in [1.54, 1.807) is 29.2 Å². The van der Waals surface area contributed by atoms with Gasteiger partial charge in [0.2, 0.25) is 5.91 Å². The molecule has 0 aliphatic carbocycles. The lowest BCUT2D eigenvalue weighted by molar-refractivity contribution is -0.114. The molecule has 3 aromatic rings. The van der Waals surface area contributed by atoms with Crippen LogP contribution < -0.4 is 19.1 Å². The summed E-state index contributed by atoms with van der Waals surface area (Å²) in [7, 11) is -1.61. The van der Waals surface area contributed by atoms with E-state index in [1.165, 1.54) is 38.5 Å². The zero-order chi connectivity index (χ0) is 28.2. The molecule has 2 amide bonds. The molecule has 3 aromatic carbocycles. The molecular weight excluding hydrogens is 549 g/mol. The zero-order valence-corrected chi connectivity index (χ0v) is 22.9. The molecule has 0 radical (unpaired) electrons. The average Bonchev–Trinajstić information content (AvgIpc) is 3.48. The van der Waals surface area contributed by atoms with Crippen molar-refractivity contribution in [2.24, 2.45) is 0 Å². The number of ether oxygens (including phenoxy) is 2. The summed E-state index contributed by atoms with van der Waals surface area (Å²) in [4.78, 5) is 27.8.